The van der Waals surface area contributed by atoms with E-state index >= 15 is 0 Å². The Labute approximate surface area is 191 Å². The summed E-state index contributed by atoms with van der Waals surface area (Å²) in [5.74, 6) is -0.114. The number of piperazine rings is 1. The van der Waals surface area contributed by atoms with Crippen molar-refractivity contribution >= 4 is 38.3 Å². The van der Waals surface area contributed by atoms with Crippen LogP contribution < -0.4 is 5.32 Å². The highest BCUT2D eigenvalue weighted by atomic mass is 32.2. The third-order valence-corrected chi connectivity index (χ3v) is 8.80. The quantitative estimate of drug-likeness (QED) is 0.643. The van der Waals surface area contributed by atoms with Crippen LogP contribution in [0.15, 0.2) is 27.2 Å². The second-order valence-electron chi connectivity index (χ2n) is 8.25. The second kappa shape index (κ2) is 9.67. The van der Waals surface area contributed by atoms with Crippen LogP contribution in [0, 0.1) is 12.8 Å². The zero-order valence-electron chi connectivity index (χ0n) is 17.9. The van der Waals surface area contributed by atoms with Gasteiger partial charge in [0.2, 0.25) is 21.8 Å². The summed E-state index contributed by atoms with van der Waals surface area (Å²) in [6.07, 6.45) is 8.86. The Bertz CT molecular complexity index is 1050. The standard InChI is InChI=1S/C20H27N5O5S2/c1-14-17(12-22-30-14)32(28,29)24-8-9-25(18(26)13-24)16(11-15-5-3-2-4-6-15)19(27)23-20-21-7-10-31-20/h7,10,12,15-16H,2-6,8-9,11,13H2,1H3,(H,21,23,27)/t16-/m0/s1. The lowest BCUT2D eigenvalue weighted by atomic mass is 9.84. The highest BCUT2D eigenvalue weighted by Gasteiger charge is 2.40. The molecule has 3 heterocycles. The number of sulfonamides is 1. The molecular weight excluding hydrogens is 454 g/mol. The summed E-state index contributed by atoms with van der Waals surface area (Å²) in [6, 6.07) is -0.656. The van der Waals surface area contributed by atoms with Gasteiger partial charge in [0.05, 0.1) is 12.7 Å². The number of hydrogen-bond donors (Lipinski definition) is 1. The van der Waals surface area contributed by atoms with Crippen LogP contribution >= 0.6 is 11.3 Å². The molecule has 0 bridgehead atoms. The zero-order chi connectivity index (χ0) is 22.7. The Morgan fingerprint density at radius 3 is 2.72 bits per heavy atom. The molecule has 1 aliphatic carbocycles. The molecule has 1 atom stereocenters. The highest BCUT2D eigenvalue weighted by Crippen LogP contribution is 2.30. The van der Waals surface area contributed by atoms with Gasteiger partial charge in [0.25, 0.3) is 0 Å². The molecule has 10 nitrogen and oxygen atoms in total. The summed E-state index contributed by atoms with van der Waals surface area (Å²) in [5.41, 5.74) is 0. The molecule has 2 fully saturated rings. The lowest BCUT2D eigenvalue weighted by Gasteiger charge is -2.39. The predicted octanol–water partition coefficient (Wildman–Crippen LogP) is 2.25. The van der Waals surface area contributed by atoms with Crippen molar-refractivity contribution < 1.29 is 22.5 Å². The van der Waals surface area contributed by atoms with Crippen LogP contribution in [0.1, 0.15) is 44.3 Å². The number of amides is 2. The van der Waals surface area contributed by atoms with Crippen LogP contribution in [0.25, 0.3) is 0 Å². The maximum absolute atomic E-state index is 13.1. The number of hydrogen-bond acceptors (Lipinski definition) is 8. The van der Waals surface area contributed by atoms with Crippen molar-refractivity contribution in [2.24, 2.45) is 5.92 Å². The molecule has 0 unspecified atom stereocenters. The van der Waals surface area contributed by atoms with E-state index in [1.807, 2.05) is 0 Å². The van der Waals surface area contributed by atoms with Gasteiger partial charge in [-0.1, -0.05) is 37.3 Å². The molecule has 0 radical (unpaired) electrons. The van der Waals surface area contributed by atoms with Gasteiger partial charge in [-0.25, -0.2) is 13.4 Å². The average molecular weight is 482 g/mol. The van der Waals surface area contributed by atoms with Crippen molar-refractivity contribution in [3.05, 3.63) is 23.5 Å². The first-order valence-electron chi connectivity index (χ1n) is 10.8. The normalized spacial score (nSPS) is 19.8. The molecule has 174 valence electrons. The van der Waals surface area contributed by atoms with Crippen LogP contribution in [0.3, 0.4) is 0 Å². The van der Waals surface area contributed by atoms with E-state index in [1.54, 1.807) is 11.6 Å². The van der Waals surface area contributed by atoms with Gasteiger partial charge in [0.1, 0.15) is 10.9 Å². The SMILES string of the molecule is Cc1oncc1S(=O)(=O)N1CCN([C@@H](CC2CCCCC2)C(=O)Nc2nccs2)C(=O)C1. The molecule has 2 aromatic heterocycles. The number of aromatic nitrogens is 2. The maximum Gasteiger partial charge on any atom is 0.248 e. The minimum absolute atomic E-state index is 0.0426. The van der Waals surface area contributed by atoms with Crippen molar-refractivity contribution in [1.29, 1.82) is 0 Å². The summed E-state index contributed by atoms with van der Waals surface area (Å²) in [7, 11) is -3.90. The van der Waals surface area contributed by atoms with Crippen molar-refractivity contribution in [2.75, 3.05) is 25.0 Å². The van der Waals surface area contributed by atoms with E-state index in [2.05, 4.69) is 15.5 Å². The molecule has 1 saturated heterocycles. The summed E-state index contributed by atoms with van der Waals surface area (Å²) < 4.78 is 31.9. The molecule has 4 rings (SSSR count). The first-order valence-corrected chi connectivity index (χ1v) is 13.1. The molecule has 0 aromatic carbocycles. The predicted molar refractivity (Wildman–Crippen MR) is 117 cm³/mol. The maximum atomic E-state index is 13.1. The fourth-order valence-electron chi connectivity index (χ4n) is 4.46. The number of carbonyl (C=O) groups is 2. The van der Waals surface area contributed by atoms with Crippen LogP contribution in [-0.4, -0.2) is 65.3 Å². The molecule has 0 spiro atoms. The lowest BCUT2D eigenvalue weighted by Crippen LogP contribution is -2.58. The molecule has 2 aromatic rings. The lowest BCUT2D eigenvalue weighted by molar-refractivity contribution is -0.142. The van der Waals surface area contributed by atoms with Gasteiger partial charge in [-0.3, -0.25) is 9.59 Å². The van der Waals surface area contributed by atoms with Gasteiger partial charge >= 0.3 is 0 Å². The Morgan fingerprint density at radius 1 is 1.31 bits per heavy atom. The number of carbonyl (C=O) groups excluding carboxylic acids is 2. The second-order valence-corrected chi connectivity index (χ2v) is 11.1. The zero-order valence-corrected chi connectivity index (χ0v) is 19.5. The number of aryl methyl sites for hydroxylation is 1. The van der Waals surface area contributed by atoms with Crippen molar-refractivity contribution in [3.63, 3.8) is 0 Å². The monoisotopic (exact) mass is 481 g/mol. The van der Waals surface area contributed by atoms with Crippen LogP contribution in [0.2, 0.25) is 0 Å². The Balaban J connectivity index is 1.50. The molecule has 1 N–H and O–H groups in total. The molecule has 12 heteroatoms. The number of nitrogens with one attached hydrogen (secondary N) is 1. The fourth-order valence-corrected chi connectivity index (χ4v) is 6.45. The van der Waals surface area contributed by atoms with E-state index in [-0.39, 0.29) is 42.1 Å². The Hall–Kier alpha value is -2.31. The number of rotatable bonds is 7. The average Bonchev–Trinajstić information content (AvgIpc) is 3.45. The first kappa shape index (κ1) is 22.9. The molecule has 2 aliphatic rings. The van der Waals surface area contributed by atoms with E-state index < -0.39 is 16.1 Å². The van der Waals surface area contributed by atoms with E-state index in [9.17, 15) is 18.0 Å². The van der Waals surface area contributed by atoms with Gasteiger partial charge in [0, 0.05) is 24.7 Å². The third kappa shape index (κ3) is 4.86. The smallest absolute Gasteiger partial charge is 0.248 e. The number of anilines is 1. The molecular formula is C20H27N5O5S2. The van der Waals surface area contributed by atoms with Crippen molar-refractivity contribution in [2.45, 2.75) is 56.4 Å². The number of nitrogens with zero attached hydrogens (tertiary/aromatic N) is 4. The van der Waals surface area contributed by atoms with Gasteiger partial charge in [-0.15, -0.1) is 11.3 Å². The highest BCUT2D eigenvalue weighted by molar-refractivity contribution is 7.89. The summed E-state index contributed by atoms with van der Waals surface area (Å²) in [6.45, 7) is 1.44. The van der Waals surface area contributed by atoms with E-state index in [0.717, 1.165) is 36.2 Å². The van der Waals surface area contributed by atoms with Crippen molar-refractivity contribution in [3.8, 4) is 0 Å². The summed E-state index contributed by atoms with van der Waals surface area (Å²) >= 11 is 1.32. The summed E-state index contributed by atoms with van der Waals surface area (Å²) in [4.78, 5) is 31.8. The van der Waals surface area contributed by atoms with Crippen LogP contribution in [0.4, 0.5) is 5.13 Å². The first-order chi connectivity index (χ1) is 15.4. The van der Waals surface area contributed by atoms with E-state index in [1.165, 1.54) is 29.6 Å². The van der Waals surface area contributed by atoms with Crippen LogP contribution in [-0.2, 0) is 19.6 Å². The van der Waals surface area contributed by atoms with Crippen molar-refractivity contribution in [1.82, 2.24) is 19.3 Å². The van der Waals surface area contributed by atoms with E-state index in [0.29, 0.717) is 17.5 Å². The molecule has 32 heavy (non-hydrogen) atoms. The Morgan fingerprint density at radius 2 is 2.09 bits per heavy atom. The minimum atomic E-state index is -3.90. The van der Waals surface area contributed by atoms with Crippen LogP contribution in [0.5, 0.6) is 0 Å². The van der Waals surface area contributed by atoms with Gasteiger partial charge < -0.3 is 14.7 Å². The Kier molecular flexibility index (Phi) is 6.91. The van der Waals surface area contributed by atoms with Gasteiger partial charge in [-0.2, -0.15) is 4.31 Å². The molecule has 1 aliphatic heterocycles. The topological polar surface area (TPSA) is 126 Å². The molecule has 1 saturated carbocycles. The van der Waals surface area contributed by atoms with Gasteiger partial charge in [0.15, 0.2) is 10.9 Å². The number of thiazole rings is 1. The fraction of sp³-hybridized carbons (Fsp3) is 0.600. The van der Waals surface area contributed by atoms with E-state index in [4.69, 9.17) is 4.52 Å². The third-order valence-electron chi connectivity index (χ3n) is 6.17. The summed E-state index contributed by atoms with van der Waals surface area (Å²) in [5, 5.41) is 8.61. The largest absolute Gasteiger partial charge is 0.360 e. The molecule has 2 amide bonds. The van der Waals surface area contributed by atoms with Gasteiger partial charge in [-0.05, 0) is 19.3 Å². The minimum Gasteiger partial charge on any atom is -0.360 e.